The fourth-order valence-corrected chi connectivity index (χ4v) is 3.36. The second kappa shape index (κ2) is 10.1. The quantitative estimate of drug-likeness (QED) is 0.432. The van der Waals surface area contributed by atoms with Crippen LogP contribution in [0.1, 0.15) is 49.4 Å². The zero-order chi connectivity index (χ0) is 26.9. The van der Waals surface area contributed by atoms with Crippen molar-refractivity contribution in [3.05, 3.63) is 69.7 Å². The van der Waals surface area contributed by atoms with Crippen LogP contribution in [0.15, 0.2) is 35.1 Å². The summed E-state index contributed by atoms with van der Waals surface area (Å²) in [7, 11) is 0. The molecule has 2 unspecified atom stereocenters. The predicted molar refractivity (Wildman–Crippen MR) is 118 cm³/mol. The lowest BCUT2D eigenvalue weighted by Gasteiger charge is -2.20. The number of nitrogens with one attached hydrogen (secondary N) is 1. The Kier molecular flexibility index (Phi) is 7.51. The SMILES string of the molecule is CCC(C)n1c(C)nn(-c2cc(OC(C)C(F)(F)F)c(C(=O)Nc3c(F)cccc3F)cc2F)c1=O. The monoisotopic (exact) mass is 516 g/mol. The molecule has 0 spiro atoms. The molecule has 0 aliphatic heterocycles. The second-order valence-corrected chi connectivity index (χ2v) is 8.02. The molecule has 13 heteroatoms. The van der Waals surface area contributed by atoms with E-state index in [1.165, 1.54) is 11.5 Å². The summed E-state index contributed by atoms with van der Waals surface area (Å²) in [5.74, 6) is -5.45. The highest BCUT2D eigenvalue weighted by Gasteiger charge is 2.39. The summed E-state index contributed by atoms with van der Waals surface area (Å²) in [5, 5.41) is 5.87. The van der Waals surface area contributed by atoms with Gasteiger partial charge in [-0.2, -0.15) is 23.0 Å². The van der Waals surface area contributed by atoms with E-state index in [1.54, 1.807) is 6.92 Å². The predicted octanol–water partition coefficient (Wildman–Crippen LogP) is 5.31. The number of amides is 1. The van der Waals surface area contributed by atoms with Crippen molar-refractivity contribution < 1.29 is 35.9 Å². The van der Waals surface area contributed by atoms with Crippen LogP contribution in [0.3, 0.4) is 0 Å². The minimum absolute atomic E-state index is 0.219. The number of aromatic nitrogens is 3. The van der Waals surface area contributed by atoms with Crippen LogP contribution in [0, 0.1) is 24.4 Å². The Morgan fingerprint density at radius 2 is 1.72 bits per heavy atom. The summed E-state index contributed by atoms with van der Waals surface area (Å²) in [4.78, 5) is 25.6. The third kappa shape index (κ3) is 5.24. The molecule has 1 aromatic heterocycles. The topological polar surface area (TPSA) is 78.2 Å². The van der Waals surface area contributed by atoms with Crippen molar-refractivity contribution in [2.75, 3.05) is 5.32 Å². The molecule has 0 radical (unpaired) electrons. The van der Waals surface area contributed by atoms with Gasteiger partial charge in [-0.1, -0.05) is 13.0 Å². The normalized spacial score (nSPS) is 13.4. The molecule has 0 saturated carbocycles. The lowest BCUT2D eigenvalue weighted by molar-refractivity contribution is -0.189. The number of ether oxygens (including phenoxy) is 1. The standard InChI is InChI=1S/C23H22F6N4O3/c1-5-11(2)32-13(4)31-33(22(32)35)18-10-19(36-12(3)23(27,28)29)14(9-17(18)26)21(34)30-20-15(24)7-6-8-16(20)25/h6-12H,5H2,1-4H3,(H,30,34). The highest BCUT2D eigenvalue weighted by Crippen LogP contribution is 2.31. The maximum atomic E-state index is 15.1. The number of hydrogen-bond acceptors (Lipinski definition) is 4. The number of carbonyl (C=O) groups excluding carboxylic acids is 1. The number of anilines is 1. The van der Waals surface area contributed by atoms with E-state index in [1.807, 2.05) is 12.2 Å². The minimum atomic E-state index is -4.87. The number of halogens is 6. The molecule has 2 atom stereocenters. The molecule has 1 heterocycles. The Bertz CT molecular complexity index is 1330. The Morgan fingerprint density at radius 1 is 1.11 bits per heavy atom. The molecule has 36 heavy (non-hydrogen) atoms. The van der Waals surface area contributed by atoms with E-state index >= 15 is 4.39 Å². The number of rotatable bonds is 7. The van der Waals surface area contributed by atoms with Crippen molar-refractivity contribution in [2.24, 2.45) is 0 Å². The molecule has 194 valence electrons. The van der Waals surface area contributed by atoms with Crippen molar-refractivity contribution in [1.29, 1.82) is 0 Å². The van der Waals surface area contributed by atoms with E-state index in [2.05, 4.69) is 5.10 Å². The van der Waals surface area contributed by atoms with E-state index < -0.39 is 64.0 Å². The van der Waals surface area contributed by atoms with Gasteiger partial charge >= 0.3 is 11.9 Å². The van der Waals surface area contributed by atoms with Gasteiger partial charge in [-0.25, -0.2) is 18.0 Å². The third-order valence-electron chi connectivity index (χ3n) is 5.50. The fraction of sp³-hybridized carbons (Fsp3) is 0.348. The number of hydrogen-bond donors (Lipinski definition) is 1. The van der Waals surface area contributed by atoms with E-state index in [-0.39, 0.29) is 11.9 Å². The van der Waals surface area contributed by atoms with Crippen LogP contribution < -0.4 is 15.7 Å². The largest absolute Gasteiger partial charge is 0.480 e. The van der Waals surface area contributed by atoms with Crippen LogP contribution in [0.5, 0.6) is 5.75 Å². The first kappa shape index (κ1) is 26.8. The zero-order valence-electron chi connectivity index (χ0n) is 19.6. The van der Waals surface area contributed by atoms with Crippen molar-refractivity contribution in [2.45, 2.75) is 52.4 Å². The van der Waals surface area contributed by atoms with Gasteiger partial charge in [0.2, 0.25) is 0 Å². The van der Waals surface area contributed by atoms with Gasteiger partial charge in [-0.05, 0) is 45.4 Å². The van der Waals surface area contributed by atoms with Gasteiger partial charge < -0.3 is 10.1 Å². The Hall–Kier alpha value is -3.77. The van der Waals surface area contributed by atoms with Gasteiger partial charge in [0.05, 0.1) is 5.56 Å². The van der Waals surface area contributed by atoms with E-state index in [0.29, 0.717) is 30.2 Å². The van der Waals surface area contributed by atoms with Crippen LogP contribution in [-0.2, 0) is 0 Å². The van der Waals surface area contributed by atoms with Crippen LogP contribution >= 0.6 is 0 Å². The first-order chi connectivity index (χ1) is 16.8. The highest BCUT2D eigenvalue weighted by atomic mass is 19.4. The van der Waals surface area contributed by atoms with Crippen LogP contribution in [0.2, 0.25) is 0 Å². The first-order valence-electron chi connectivity index (χ1n) is 10.8. The minimum Gasteiger partial charge on any atom is -0.480 e. The molecule has 2 aromatic carbocycles. The van der Waals surface area contributed by atoms with Crippen LogP contribution in [0.25, 0.3) is 5.69 Å². The number of nitrogens with zero attached hydrogens (tertiary/aromatic N) is 3. The average molecular weight is 516 g/mol. The molecule has 0 aliphatic rings. The molecular formula is C23H22F6N4O3. The maximum Gasteiger partial charge on any atom is 0.425 e. The van der Waals surface area contributed by atoms with Crippen LogP contribution in [-0.4, -0.2) is 32.5 Å². The van der Waals surface area contributed by atoms with Gasteiger partial charge in [-0.3, -0.25) is 9.36 Å². The second-order valence-electron chi connectivity index (χ2n) is 8.02. The number of carbonyl (C=O) groups is 1. The first-order valence-corrected chi connectivity index (χ1v) is 10.8. The molecule has 1 N–H and O–H groups in total. The van der Waals surface area contributed by atoms with Gasteiger partial charge in [0.1, 0.15) is 40.4 Å². The molecule has 3 aromatic rings. The van der Waals surface area contributed by atoms with Crippen molar-refractivity contribution in [1.82, 2.24) is 14.3 Å². The molecule has 0 bridgehead atoms. The molecular weight excluding hydrogens is 494 g/mol. The Labute approximate surface area is 201 Å². The Balaban J connectivity index is 2.16. The van der Waals surface area contributed by atoms with Crippen molar-refractivity contribution in [3.63, 3.8) is 0 Å². The third-order valence-corrected chi connectivity index (χ3v) is 5.50. The summed E-state index contributed by atoms with van der Waals surface area (Å²) >= 11 is 0. The van der Waals surface area contributed by atoms with Gasteiger partial charge in [0.15, 0.2) is 6.10 Å². The summed E-state index contributed by atoms with van der Waals surface area (Å²) in [6.07, 6.45) is -6.78. The lowest BCUT2D eigenvalue weighted by atomic mass is 10.1. The van der Waals surface area contributed by atoms with Crippen molar-refractivity contribution >= 4 is 11.6 Å². The summed E-state index contributed by atoms with van der Waals surface area (Å²) in [6.45, 7) is 5.68. The summed E-state index contributed by atoms with van der Waals surface area (Å²) < 4.78 is 89.5. The zero-order valence-corrected chi connectivity index (χ0v) is 19.6. The van der Waals surface area contributed by atoms with E-state index in [9.17, 15) is 31.5 Å². The van der Waals surface area contributed by atoms with Crippen molar-refractivity contribution in [3.8, 4) is 11.4 Å². The van der Waals surface area contributed by atoms with E-state index in [4.69, 9.17) is 4.74 Å². The lowest BCUT2D eigenvalue weighted by Crippen LogP contribution is -2.32. The smallest absolute Gasteiger partial charge is 0.425 e. The van der Waals surface area contributed by atoms with Crippen LogP contribution in [0.4, 0.5) is 32.0 Å². The van der Waals surface area contributed by atoms with Gasteiger partial charge in [0.25, 0.3) is 5.91 Å². The molecule has 1 amide bonds. The number of alkyl halides is 3. The van der Waals surface area contributed by atoms with Gasteiger partial charge in [-0.15, -0.1) is 0 Å². The average Bonchev–Trinajstić information content (AvgIpc) is 3.09. The molecule has 0 fully saturated rings. The maximum absolute atomic E-state index is 15.1. The number of para-hydroxylation sites is 1. The molecule has 3 rings (SSSR count). The Morgan fingerprint density at radius 3 is 2.28 bits per heavy atom. The summed E-state index contributed by atoms with van der Waals surface area (Å²) in [6, 6.07) is 3.62. The molecule has 7 nitrogen and oxygen atoms in total. The molecule has 0 saturated heterocycles. The summed E-state index contributed by atoms with van der Waals surface area (Å²) in [5.41, 5.74) is -3.02. The fourth-order valence-electron chi connectivity index (χ4n) is 3.36. The molecule has 0 aliphatic carbocycles. The number of aryl methyl sites for hydroxylation is 1. The number of benzene rings is 2. The highest BCUT2D eigenvalue weighted by molar-refractivity contribution is 6.06. The van der Waals surface area contributed by atoms with Gasteiger partial charge in [0, 0.05) is 12.1 Å². The van der Waals surface area contributed by atoms with E-state index in [0.717, 1.165) is 18.2 Å².